The molecular formula is C15H30N2O. The highest BCUT2D eigenvalue weighted by Crippen LogP contribution is 2.20. The maximum absolute atomic E-state index is 12.7. The highest BCUT2D eigenvalue weighted by molar-refractivity contribution is 5.82. The van der Waals surface area contributed by atoms with Crippen molar-refractivity contribution in [1.82, 2.24) is 10.2 Å². The monoisotopic (exact) mass is 254 g/mol. The Morgan fingerprint density at radius 3 is 2.33 bits per heavy atom. The number of hydrogen-bond donors (Lipinski definition) is 1. The van der Waals surface area contributed by atoms with Crippen molar-refractivity contribution in [3.63, 3.8) is 0 Å². The van der Waals surface area contributed by atoms with Gasteiger partial charge in [0.25, 0.3) is 0 Å². The average molecular weight is 254 g/mol. The van der Waals surface area contributed by atoms with Crippen molar-refractivity contribution >= 4 is 5.91 Å². The molecule has 1 heterocycles. The molecule has 1 amide bonds. The van der Waals surface area contributed by atoms with E-state index in [2.05, 4.69) is 44.8 Å². The third kappa shape index (κ3) is 3.71. The maximum atomic E-state index is 12.7. The van der Waals surface area contributed by atoms with Crippen LogP contribution in [0.3, 0.4) is 0 Å². The molecule has 1 rings (SSSR count). The number of rotatable bonds is 6. The molecule has 106 valence electrons. The largest absolute Gasteiger partial charge is 0.338 e. The predicted molar refractivity (Wildman–Crippen MR) is 76.5 cm³/mol. The SMILES string of the molecule is CCC(CC)N(CC(C)C)C(=O)C1NCCC1C. The first-order valence-corrected chi connectivity index (χ1v) is 7.55. The number of nitrogens with one attached hydrogen (secondary N) is 1. The van der Waals surface area contributed by atoms with Crippen LogP contribution in [0.4, 0.5) is 0 Å². The van der Waals surface area contributed by atoms with E-state index in [0.29, 0.717) is 23.8 Å². The van der Waals surface area contributed by atoms with E-state index in [-0.39, 0.29) is 6.04 Å². The highest BCUT2D eigenvalue weighted by Gasteiger charge is 2.34. The van der Waals surface area contributed by atoms with Gasteiger partial charge in [0, 0.05) is 12.6 Å². The zero-order chi connectivity index (χ0) is 13.7. The summed E-state index contributed by atoms with van der Waals surface area (Å²) >= 11 is 0. The number of carbonyl (C=O) groups is 1. The first kappa shape index (κ1) is 15.5. The number of amides is 1. The van der Waals surface area contributed by atoms with E-state index in [0.717, 1.165) is 32.4 Å². The fraction of sp³-hybridized carbons (Fsp3) is 0.933. The zero-order valence-corrected chi connectivity index (χ0v) is 12.7. The Kier molecular flexibility index (Phi) is 6.13. The van der Waals surface area contributed by atoms with Crippen LogP contribution >= 0.6 is 0 Å². The van der Waals surface area contributed by atoms with Crippen LogP contribution in [0.15, 0.2) is 0 Å². The van der Waals surface area contributed by atoms with E-state index in [1.807, 2.05) is 0 Å². The summed E-state index contributed by atoms with van der Waals surface area (Å²) in [6.45, 7) is 12.8. The summed E-state index contributed by atoms with van der Waals surface area (Å²) in [7, 11) is 0. The Bertz CT molecular complexity index is 261. The van der Waals surface area contributed by atoms with Gasteiger partial charge < -0.3 is 10.2 Å². The smallest absolute Gasteiger partial charge is 0.240 e. The summed E-state index contributed by atoms with van der Waals surface area (Å²) in [4.78, 5) is 14.8. The quantitative estimate of drug-likeness (QED) is 0.790. The molecule has 2 atom stereocenters. The summed E-state index contributed by atoms with van der Waals surface area (Å²) < 4.78 is 0. The number of nitrogens with zero attached hydrogens (tertiary/aromatic N) is 1. The summed E-state index contributed by atoms with van der Waals surface area (Å²) in [6, 6.07) is 0.443. The van der Waals surface area contributed by atoms with Crippen molar-refractivity contribution < 1.29 is 4.79 Å². The second-order valence-electron chi connectivity index (χ2n) is 6.05. The Hall–Kier alpha value is -0.570. The molecule has 0 aromatic rings. The molecule has 0 aliphatic carbocycles. The van der Waals surface area contributed by atoms with Crippen molar-refractivity contribution in [1.29, 1.82) is 0 Å². The minimum Gasteiger partial charge on any atom is -0.338 e. The van der Waals surface area contributed by atoms with Crippen LogP contribution in [0, 0.1) is 11.8 Å². The Labute approximate surface area is 112 Å². The van der Waals surface area contributed by atoms with Gasteiger partial charge in [-0.25, -0.2) is 0 Å². The Morgan fingerprint density at radius 1 is 1.33 bits per heavy atom. The molecule has 3 heteroatoms. The second kappa shape index (κ2) is 7.13. The highest BCUT2D eigenvalue weighted by atomic mass is 16.2. The van der Waals surface area contributed by atoms with Crippen LogP contribution in [-0.4, -0.2) is 36.0 Å². The minimum atomic E-state index is 0.0457. The van der Waals surface area contributed by atoms with E-state index in [1.54, 1.807) is 0 Å². The third-order valence-corrected chi connectivity index (χ3v) is 4.03. The lowest BCUT2D eigenvalue weighted by Crippen LogP contribution is -2.51. The van der Waals surface area contributed by atoms with Gasteiger partial charge in [-0.2, -0.15) is 0 Å². The van der Waals surface area contributed by atoms with Crippen LogP contribution in [0.5, 0.6) is 0 Å². The Balaban J connectivity index is 2.77. The van der Waals surface area contributed by atoms with Crippen LogP contribution in [0.1, 0.15) is 53.9 Å². The van der Waals surface area contributed by atoms with Gasteiger partial charge >= 0.3 is 0 Å². The van der Waals surface area contributed by atoms with Crippen molar-refractivity contribution in [2.24, 2.45) is 11.8 Å². The van der Waals surface area contributed by atoms with Crippen LogP contribution in [-0.2, 0) is 4.79 Å². The van der Waals surface area contributed by atoms with E-state index in [4.69, 9.17) is 0 Å². The topological polar surface area (TPSA) is 32.3 Å². The summed E-state index contributed by atoms with van der Waals surface area (Å²) in [5.41, 5.74) is 0. The van der Waals surface area contributed by atoms with Crippen LogP contribution in [0.2, 0.25) is 0 Å². The second-order valence-corrected chi connectivity index (χ2v) is 6.05. The lowest BCUT2D eigenvalue weighted by Gasteiger charge is -2.35. The molecule has 1 N–H and O–H groups in total. The molecule has 0 saturated carbocycles. The van der Waals surface area contributed by atoms with Crippen molar-refractivity contribution in [3.8, 4) is 0 Å². The molecule has 1 aliphatic rings. The summed E-state index contributed by atoms with van der Waals surface area (Å²) in [6.07, 6.45) is 3.22. The maximum Gasteiger partial charge on any atom is 0.240 e. The van der Waals surface area contributed by atoms with E-state index in [1.165, 1.54) is 0 Å². The van der Waals surface area contributed by atoms with Gasteiger partial charge in [0.15, 0.2) is 0 Å². The van der Waals surface area contributed by atoms with Gasteiger partial charge in [0.2, 0.25) is 5.91 Å². The normalized spacial score (nSPS) is 23.9. The molecule has 0 aromatic heterocycles. The lowest BCUT2D eigenvalue weighted by molar-refractivity contribution is -0.137. The van der Waals surface area contributed by atoms with E-state index >= 15 is 0 Å². The summed E-state index contributed by atoms with van der Waals surface area (Å²) in [5.74, 6) is 1.33. The molecule has 0 spiro atoms. The average Bonchev–Trinajstić information content (AvgIpc) is 2.74. The molecule has 0 radical (unpaired) electrons. The number of carbonyl (C=O) groups excluding carboxylic acids is 1. The van der Waals surface area contributed by atoms with Gasteiger partial charge in [0.1, 0.15) is 0 Å². The van der Waals surface area contributed by atoms with Crippen LogP contribution in [0.25, 0.3) is 0 Å². The fourth-order valence-corrected chi connectivity index (χ4v) is 2.89. The van der Waals surface area contributed by atoms with Crippen LogP contribution < -0.4 is 5.32 Å². The predicted octanol–water partition coefficient (Wildman–Crippen LogP) is 2.66. The van der Waals surface area contributed by atoms with Crippen molar-refractivity contribution in [3.05, 3.63) is 0 Å². The lowest BCUT2D eigenvalue weighted by atomic mass is 9.99. The standard InChI is InChI=1S/C15H30N2O/c1-6-13(7-2)17(10-11(3)4)15(18)14-12(5)8-9-16-14/h11-14,16H,6-10H2,1-5H3. The van der Waals surface area contributed by atoms with Gasteiger partial charge in [-0.15, -0.1) is 0 Å². The molecular weight excluding hydrogens is 224 g/mol. The first-order chi connectivity index (χ1) is 8.51. The summed E-state index contributed by atoms with van der Waals surface area (Å²) in [5, 5.41) is 3.37. The number of hydrogen-bond acceptors (Lipinski definition) is 2. The van der Waals surface area contributed by atoms with E-state index in [9.17, 15) is 4.79 Å². The minimum absolute atomic E-state index is 0.0457. The molecule has 0 bridgehead atoms. The molecule has 1 fully saturated rings. The van der Waals surface area contributed by atoms with Gasteiger partial charge in [-0.1, -0.05) is 34.6 Å². The van der Waals surface area contributed by atoms with Crippen molar-refractivity contribution in [2.45, 2.75) is 66.0 Å². The van der Waals surface area contributed by atoms with Gasteiger partial charge in [-0.05, 0) is 37.6 Å². The molecule has 3 nitrogen and oxygen atoms in total. The van der Waals surface area contributed by atoms with Gasteiger partial charge in [-0.3, -0.25) is 4.79 Å². The zero-order valence-electron chi connectivity index (χ0n) is 12.7. The molecule has 1 saturated heterocycles. The Morgan fingerprint density at radius 2 is 1.94 bits per heavy atom. The molecule has 1 aliphatic heterocycles. The fourth-order valence-electron chi connectivity index (χ4n) is 2.89. The third-order valence-electron chi connectivity index (χ3n) is 4.03. The van der Waals surface area contributed by atoms with Gasteiger partial charge in [0.05, 0.1) is 6.04 Å². The molecule has 2 unspecified atom stereocenters. The molecule has 0 aromatic carbocycles. The first-order valence-electron chi connectivity index (χ1n) is 7.55. The van der Waals surface area contributed by atoms with E-state index < -0.39 is 0 Å². The van der Waals surface area contributed by atoms with Crippen molar-refractivity contribution in [2.75, 3.05) is 13.1 Å². The molecule has 18 heavy (non-hydrogen) atoms.